The molecule has 0 aliphatic carbocycles. The van der Waals surface area contributed by atoms with Gasteiger partial charge in [-0.05, 0) is 0 Å². The zero-order valence-corrected chi connectivity index (χ0v) is 4.73. The predicted octanol–water partition coefficient (Wildman–Crippen LogP) is 0.388. The lowest BCUT2D eigenvalue weighted by Crippen LogP contribution is -2.16. The second-order valence-corrected chi connectivity index (χ2v) is 2.10. The summed E-state index contributed by atoms with van der Waals surface area (Å²) in [5, 5.41) is 2.33. The molecule has 1 amide bonds. The maximum absolute atomic E-state index is 11.7. The molecule has 1 atom stereocenters. The van der Waals surface area contributed by atoms with Gasteiger partial charge in [0.05, 0.1) is 0 Å². The molecule has 9 heavy (non-hydrogen) atoms. The van der Waals surface area contributed by atoms with E-state index in [2.05, 4.69) is 5.32 Å². The third kappa shape index (κ3) is 1.37. The predicted molar refractivity (Wildman–Crippen MR) is 27.1 cm³/mol. The van der Waals surface area contributed by atoms with Gasteiger partial charge >= 0.3 is 0 Å². The van der Waals surface area contributed by atoms with Crippen molar-refractivity contribution < 1.29 is 13.6 Å². The van der Waals surface area contributed by atoms with Crippen LogP contribution >= 0.6 is 0 Å². The number of carbonyl (C=O) groups excluding carboxylic acids is 1. The highest BCUT2D eigenvalue weighted by Crippen LogP contribution is 2.16. The minimum Gasteiger partial charge on any atom is -0.356 e. The molecule has 1 unspecified atom stereocenters. The molecule has 2 nitrogen and oxygen atoms in total. The molecule has 0 aromatic heterocycles. The molecular weight excluding hydrogens is 128 g/mol. The molecule has 1 rings (SSSR count). The van der Waals surface area contributed by atoms with Gasteiger partial charge in [0.25, 0.3) is 0 Å². The summed E-state index contributed by atoms with van der Waals surface area (Å²) in [4.78, 5) is 10.3. The number of halogens is 2. The Balaban J connectivity index is 2.39. The fourth-order valence-corrected chi connectivity index (χ4v) is 0.806. The van der Waals surface area contributed by atoms with E-state index < -0.39 is 12.3 Å². The lowest BCUT2D eigenvalue weighted by Gasteiger charge is -2.01. The third-order valence-electron chi connectivity index (χ3n) is 1.37. The Hall–Kier alpha value is -0.670. The van der Waals surface area contributed by atoms with Crippen molar-refractivity contribution in [3.05, 3.63) is 0 Å². The summed E-state index contributed by atoms with van der Waals surface area (Å²) in [7, 11) is 0. The maximum Gasteiger partial charge on any atom is 0.243 e. The van der Waals surface area contributed by atoms with Crippen molar-refractivity contribution in [3.8, 4) is 0 Å². The van der Waals surface area contributed by atoms with E-state index in [9.17, 15) is 13.6 Å². The lowest BCUT2D eigenvalue weighted by atomic mass is 10.1. The van der Waals surface area contributed by atoms with Gasteiger partial charge in [-0.1, -0.05) is 0 Å². The van der Waals surface area contributed by atoms with Crippen LogP contribution in [0.15, 0.2) is 0 Å². The average Bonchev–Trinajstić information content (AvgIpc) is 2.14. The van der Waals surface area contributed by atoms with Crippen molar-refractivity contribution in [2.75, 3.05) is 6.54 Å². The Morgan fingerprint density at radius 2 is 2.33 bits per heavy atom. The molecule has 1 aliphatic rings. The Bertz CT molecular complexity index is 126. The number of rotatable bonds is 1. The van der Waals surface area contributed by atoms with Gasteiger partial charge in [0, 0.05) is 18.9 Å². The molecule has 1 N–H and O–H groups in total. The number of hydrogen-bond acceptors (Lipinski definition) is 1. The quantitative estimate of drug-likeness (QED) is 0.553. The molecule has 0 saturated carbocycles. The standard InChI is InChI=1S/C5H7F2NO/c6-5(7)3-1-4(9)8-2-3/h3,5H,1-2H2,(H,8,9). The molecule has 0 spiro atoms. The van der Waals surface area contributed by atoms with Gasteiger partial charge in [-0.25, -0.2) is 8.78 Å². The molecule has 0 aromatic rings. The molecule has 4 heteroatoms. The van der Waals surface area contributed by atoms with Gasteiger partial charge < -0.3 is 5.32 Å². The first-order chi connectivity index (χ1) is 4.20. The minimum absolute atomic E-state index is 0.0162. The third-order valence-corrected chi connectivity index (χ3v) is 1.37. The zero-order chi connectivity index (χ0) is 6.85. The summed E-state index contributed by atoms with van der Waals surface area (Å²) >= 11 is 0. The van der Waals surface area contributed by atoms with E-state index in [1.165, 1.54) is 0 Å². The molecule has 0 aromatic carbocycles. The first-order valence-electron chi connectivity index (χ1n) is 2.75. The molecule has 1 aliphatic heterocycles. The molecule has 1 saturated heterocycles. The maximum atomic E-state index is 11.7. The Morgan fingerprint density at radius 3 is 2.56 bits per heavy atom. The van der Waals surface area contributed by atoms with E-state index in [1.54, 1.807) is 0 Å². The number of carbonyl (C=O) groups is 1. The van der Waals surface area contributed by atoms with Crippen molar-refractivity contribution in [2.24, 2.45) is 5.92 Å². The van der Waals surface area contributed by atoms with Crippen molar-refractivity contribution in [1.82, 2.24) is 5.32 Å². The number of hydrogen-bond donors (Lipinski definition) is 1. The van der Waals surface area contributed by atoms with Crippen LogP contribution in [-0.2, 0) is 4.79 Å². The largest absolute Gasteiger partial charge is 0.356 e. The first-order valence-corrected chi connectivity index (χ1v) is 2.75. The monoisotopic (exact) mass is 135 g/mol. The van der Waals surface area contributed by atoms with E-state index in [-0.39, 0.29) is 18.9 Å². The summed E-state index contributed by atoms with van der Waals surface area (Å²) in [6, 6.07) is 0. The molecular formula is C5H7F2NO. The molecule has 0 radical (unpaired) electrons. The van der Waals surface area contributed by atoms with Gasteiger partial charge in [-0.3, -0.25) is 4.79 Å². The van der Waals surface area contributed by atoms with Gasteiger partial charge in [0.2, 0.25) is 12.3 Å². The van der Waals surface area contributed by atoms with Gasteiger partial charge in [-0.2, -0.15) is 0 Å². The Labute approximate surface area is 51.2 Å². The average molecular weight is 135 g/mol. The molecule has 1 heterocycles. The van der Waals surface area contributed by atoms with E-state index in [0.29, 0.717) is 0 Å². The van der Waals surface area contributed by atoms with Gasteiger partial charge in [0.15, 0.2) is 0 Å². The minimum atomic E-state index is -2.36. The Morgan fingerprint density at radius 1 is 1.67 bits per heavy atom. The number of nitrogens with one attached hydrogen (secondary N) is 1. The second kappa shape index (κ2) is 2.29. The van der Waals surface area contributed by atoms with Crippen LogP contribution < -0.4 is 5.32 Å². The van der Waals surface area contributed by atoms with Crippen molar-refractivity contribution in [3.63, 3.8) is 0 Å². The Kier molecular flexibility index (Phi) is 1.64. The van der Waals surface area contributed by atoms with Crippen LogP contribution in [0.4, 0.5) is 8.78 Å². The van der Waals surface area contributed by atoms with Gasteiger partial charge in [0.1, 0.15) is 0 Å². The second-order valence-electron chi connectivity index (χ2n) is 2.10. The van der Waals surface area contributed by atoms with Crippen LogP contribution in [0.3, 0.4) is 0 Å². The van der Waals surface area contributed by atoms with Crippen LogP contribution in [0.2, 0.25) is 0 Å². The van der Waals surface area contributed by atoms with E-state index >= 15 is 0 Å². The van der Waals surface area contributed by atoms with Crippen LogP contribution in [0.5, 0.6) is 0 Å². The molecule has 52 valence electrons. The van der Waals surface area contributed by atoms with Crippen molar-refractivity contribution in [2.45, 2.75) is 12.8 Å². The fourth-order valence-electron chi connectivity index (χ4n) is 0.806. The van der Waals surface area contributed by atoms with Crippen LogP contribution in [0.1, 0.15) is 6.42 Å². The summed E-state index contributed by atoms with van der Waals surface area (Å²) in [5.74, 6) is -1.02. The first kappa shape index (κ1) is 6.45. The number of amides is 1. The summed E-state index contributed by atoms with van der Waals surface area (Å²) < 4.78 is 23.4. The summed E-state index contributed by atoms with van der Waals surface area (Å²) in [6.45, 7) is 0.135. The molecule has 0 bridgehead atoms. The van der Waals surface area contributed by atoms with E-state index in [4.69, 9.17) is 0 Å². The summed E-state index contributed by atoms with van der Waals surface area (Å²) in [6.07, 6.45) is -2.37. The SMILES string of the molecule is O=C1CC(C(F)F)CN1. The topological polar surface area (TPSA) is 29.1 Å². The van der Waals surface area contributed by atoms with Crippen LogP contribution in [0, 0.1) is 5.92 Å². The highest BCUT2D eigenvalue weighted by molar-refractivity contribution is 5.78. The van der Waals surface area contributed by atoms with Gasteiger partial charge in [-0.15, -0.1) is 0 Å². The van der Waals surface area contributed by atoms with Crippen LogP contribution in [0.25, 0.3) is 0 Å². The highest BCUT2D eigenvalue weighted by Gasteiger charge is 2.28. The molecule has 1 fully saturated rings. The van der Waals surface area contributed by atoms with E-state index in [1.807, 2.05) is 0 Å². The van der Waals surface area contributed by atoms with Crippen LogP contribution in [-0.4, -0.2) is 18.9 Å². The normalized spacial score (nSPS) is 27.0. The van der Waals surface area contributed by atoms with E-state index in [0.717, 1.165) is 0 Å². The lowest BCUT2D eigenvalue weighted by molar-refractivity contribution is -0.119. The summed E-state index contributed by atoms with van der Waals surface area (Å²) in [5.41, 5.74) is 0. The smallest absolute Gasteiger partial charge is 0.243 e. The van der Waals surface area contributed by atoms with Crippen molar-refractivity contribution >= 4 is 5.91 Å². The number of alkyl halides is 2. The van der Waals surface area contributed by atoms with Crippen molar-refractivity contribution in [1.29, 1.82) is 0 Å². The highest BCUT2D eigenvalue weighted by atomic mass is 19.3. The zero-order valence-electron chi connectivity index (χ0n) is 4.73. The fraction of sp³-hybridized carbons (Fsp3) is 0.800.